The molecule has 204 valence electrons. The topological polar surface area (TPSA) is 64.0 Å². The van der Waals surface area contributed by atoms with Crippen molar-refractivity contribution in [3.8, 4) is 5.75 Å². The SMILES string of the molecule is CCC(C)N(Cc1cccn1Cc1cccc(OC)c1)C(=O)CN(CCCOC)C(=O)c1cccc(F)c1. The summed E-state index contributed by atoms with van der Waals surface area (Å²) in [4.78, 5) is 30.2. The first-order valence-corrected chi connectivity index (χ1v) is 13.0. The highest BCUT2D eigenvalue weighted by atomic mass is 19.1. The number of aromatic nitrogens is 1. The monoisotopic (exact) mass is 523 g/mol. The number of benzene rings is 2. The van der Waals surface area contributed by atoms with Crippen LogP contribution in [0.2, 0.25) is 0 Å². The highest BCUT2D eigenvalue weighted by Gasteiger charge is 2.25. The average Bonchev–Trinajstić information content (AvgIpc) is 3.36. The highest BCUT2D eigenvalue weighted by Crippen LogP contribution is 2.18. The lowest BCUT2D eigenvalue weighted by atomic mass is 10.1. The third-order valence-electron chi connectivity index (χ3n) is 6.65. The number of carbonyl (C=O) groups excluding carboxylic acids is 2. The van der Waals surface area contributed by atoms with Crippen molar-refractivity contribution in [2.75, 3.05) is 33.9 Å². The maximum absolute atomic E-state index is 13.8. The van der Waals surface area contributed by atoms with Crippen LogP contribution >= 0.6 is 0 Å². The number of halogens is 1. The molecule has 3 rings (SSSR count). The van der Waals surface area contributed by atoms with Gasteiger partial charge in [-0.25, -0.2) is 4.39 Å². The van der Waals surface area contributed by atoms with E-state index in [4.69, 9.17) is 9.47 Å². The Hall–Kier alpha value is -3.65. The molecule has 0 saturated carbocycles. The Balaban J connectivity index is 1.79. The molecule has 0 aliphatic rings. The molecular weight excluding hydrogens is 485 g/mol. The van der Waals surface area contributed by atoms with Crippen LogP contribution in [0.25, 0.3) is 0 Å². The third kappa shape index (κ3) is 7.92. The van der Waals surface area contributed by atoms with Crippen LogP contribution in [-0.2, 0) is 22.6 Å². The van der Waals surface area contributed by atoms with Gasteiger partial charge >= 0.3 is 0 Å². The van der Waals surface area contributed by atoms with Gasteiger partial charge in [0.05, 0.1) is 13.7 Å². The summed E-state index contributed by atoms with van der Waals surface area (Å²) in [6, 6.07) is 17.4. The number of hydrogen-bond donors (Lipinski definition) is 0. The molecule has 7 nitrogen and oxygen atoms in total. The van der Waals surface area contributed by atoms with Crippen molar-refractivity contribution < 1.29 is 23.5 Å². The molecule has 2 amide bonds. The standard InChI is InChI=1S/C30H38FN3O4/c1-5-23(2)34(21-27-13-8-15-32(27)20-24-10-6-14-28(18-24)38-4)29(35)22-33(16-9-17-37-3)30(36)25-11-7-12-26(31)19-25/h6-8,10-15,18-19,23H,5,9,16-17,20-22H2,1-4H3. The quantitative estimate of drug-likeness (QED) is 0.279. The van der Waals surface area contributed by atoms with Gasteiger partial charge in [0.15, 0.2) is 0 Å². The van der Waals surface area contributed by atoms with E-state index in [1.54, 1.807) is 20.3 Å². The van der Waals surface area contributed by atoms with Crippen LogP contribution in [0.15, 0.2) is 66.9 Å². The molecule has 0 fully saturated rings. The molecule has 0 saturated heterocycles. The van der Waals surface area contributed by atoms with Crippen LogP contribution in [0.4, 0.5) is 4.39 Å². The lowest BCUT2D eigenvalue weighted by molar-refractivity contribution is -0.134. The Morgan fingerprint density at radius 2 is 1.84 bits per heavy atom. The molecule has 3 aromatic rings. The van der Waals surface area contributed by atoms with Crippen LogP contribution in [0.3, 0.4) is 0 Å². The van der Waals surface area contributed by atoms with Gasteiger partial charge in [0.1, 0.15) is 18.1 Å². The lowest BCUT2D eigenvalue weighted by Gasteiger charge is -2.32. The number of amides is 2. The summed E-state index contributed by atoms with van der Waals surface area (Å²) in [6.45, 7) is 5.78. The molecule has 2 aromatic carbocycles. The van der Waals surface area contributed by atoms with E-state index in [2.05, 4.69) is 4.57 Å². The molecule has 0 spiro atoms. The summed E-state index contributed by atoms with van der Waals surface area (Å²) in [5, 5.41) is 0. The second-order valence-corrected chi connectivity index (χ2v) is 9.34. The van der Waals surface area contributed by atoms with E-state index in [1.807, 2.05) is 61.3 Å². The Labute approximate surface area is 224 Å². The summed E-state index contributed by atoms with van der Waals surface area (Å²) < 4.78 is 26.4. The van der Waals surface area contributed by atoms with Gasteiger partial charge in [-0.1, -0.05) is 25.1 Å². The summed E-state index contributed by atoms with van der Waals surface area (Å²) in [6.07, 6.45) is 3.33. The van der Waals surface area contributed by atoms with Crippen LogP contribution in [0, 0.1) is 5.82 Å². The van der Waals surface area contributed by atoms with Gasteiger partial charge < -0.3 is 23.8 Å². The molecule has 1 atom stereocenters. The smallest absolute Gasteiger partial charge is 0.254 e. The Bertz CT molecular complexity index is 1200. The van der Waals surface area contributed by atoms with Crippen LogP contribution in [0.5, 0.6) is 5.75 Å². The van der Waals surface area contributed by atoms with E-state index in [9.17, 15) is 14.0 Å². The van der Waals surface area contributed by atoms with Gasteiger partial charge in [0.2, 0.25) is 5.91 Å². The summed E-state index contributed by atoms with van der Waals surface area (Å²) in [7, 11) is 3.24. The normalized spacial score (nSPS) is 11.7. The molecule has 0 aliphatic heterocycles. The summed E-state index contributed by atoms with van der Waals surface area (Å²) in [5.74, 6) is -0.226. The summed E-state index contributed by atoms with van der Waals surface area (Å²) >= 11 is 0. The number of ether oxygens (including phenoxy) is 2. The number of rotatable bonds is 14. The number of carbonyl (C=O) groups is 2. The molecule has 38 heavy (non-hydrogen) atoms. The average molecular weight is 524 g/mol. The Morgan fingerprint density at radius 3 is 2.55 bits per heavy atom. The first kappa shape index (κ1) is 28.9. The molecule has 0 bridgehead atoms. The fourth-order valence-electron chi connectivity index (χ4n) is 4.31. The van der Waals surface area contributed by atoms with Gasteiger partial charge in [-0.05, 0) is 67.8 Å². The molecular formula is C30H38FN3O4. The van der Waals surface area contributed by atoms with Crippen molar-refractivity contribution in [3.63, 3.8) is 0 Å². The first-order chi connectivity index (χ1) is 18.4. The predicted octanol–water partition coefficient (Wildman–Crippen LogP) is 4.99. The summed E-state index contributed by atoms with van der Waals surface area (Å²) in [5.41, 5.74) is 2.30. The fraction of sp³-hybridized carbons (Fsp3) is 0.400. The molecule has 1 unspecified atom stereocenters. The van der Waals surface area contributed by atoms with Crippen LogP contribution in [-0.4, -0.2) is 66.1 Å². The van der Waals surface area contributed by atoms with Crippen molar-refractivity contribution in [2.24, 2.45) is 0 Å². The zero-order valence-corrected chi connectivity index (χ0v) is 22.7. The maximum Gasteiger partial charge on any atom is 0.254 e. The second-order valence-electron chi connectivity index (χ2n) is 9.34. The van der Waals surface area contributed by atoms with E-state index in [1.165, 1.54) is 23.1 Å². The zero-order valence-electron chi connectivity index (χ0n) is 22.7. The maximum atomic E-state index is 13.8. The number of nitrogens with zero attached hydrogens (tertiary/aromatic N) is 3. The lowest BCUT2D eigenvalue weighted by Crippen LogP contribution is -2.46. The van der Waals surface area contributed by atoms with Crippen LogP contribution < -0.4 is 4.74 Å². The number of methoxy groups -OCH3 is 2. The highest BCUT2D eigenvalue weighted by molar-refractivity contribution is 5.96. The Morgan fingerprint density at radius 1 is 1.05 bits per heavy atom. The van der Waals surface area contributed by atoms with Crippen molar-refractivity contribution in [2.45, 2.75) is 45.8 Å². The minimum atomic E-state index is -0.489. The second kappa shape index (κ2) is 14.3. The van der Waals surface area contributed by atoms with Gasteiger partial charge in [-0.2, -0.15) is 0 Å². The van der Waals surface area contributed by atoms with Crippen LogP contribution in [0.1, 0.15) is 48.3 Å². The number of hydrogen-bond acceptors (Lipinski definition) is 4. The molecule has 1 heterocycles. The largest absolute Gasteiger partial charge is 0.497 e. The molecule has 0 radical (unpaired) electrons. The van der Waals surface area contributed by atoms with Crippen molar-refractivity contribution >= 4 is 11.8 Å². The fourth-order valence-corrected chi connectivity index (χ4v) is 4.31. The van der Waals surface area contributed by atoms with E-state index >= 15 is 0 Å². The van der Waals surface area contributed by atoms with E-state index < -0.39 is 5.82 Å². The molecule has 0 aliphatic carbocycles. The van der Waals surface area contributed by atoms with Crippen molar-refractivity contribution in [1.82, 2.24) is 14.4 Å². The minimum Gasteiger partial charge on any atom is -0.497 e. The third-order valence-corrected chi connectivity index (χ3v) is 6.65. The molecule has 1 aromatic heterocycles. The van der Waals surface area contributed by atoms with E-state index in [0.717, 1.165) is 23.4 Å². The minimum absolute atomic E-state index is 0.0345. The van der Waals surface area contributed by atoms with Gasteiger partial charge in [0.25, 0.3) is 5.91 Å². The molecule has 8 heteroatoms. The van der Waals surface area contributed by atoms with E-state index in [0.29, 0.717) is 32.7 Å². The van der Waals surface area contributed by atoms with Gasteiger partial charge in [-0.3, -0.25) is 9.59 Å². The van der Waals surface area contributed by atoms with Crippen molar-refractivity contribution in [1.29, 1.82) is 0 Å². The van der Waals surface area contributed by atoms with Gasteiger partial charge in [0, 0.05) is 50.3 Å². The first-order valence-electron chi connectivity index (χ1n) is 13.0. The Kier molecular flexibility index (Phi) is 10.9. The van der Waals surface area contributed by atoms with Crippen molar-refractivity contribution in [3.05, 3.63) is 89.5 Å². The molecule has 0 N–H and O–H groups in total. The zero-order chi connectivity index (χ0) is 27.5. The van der Waals surface area contributed by atoms with Gasteiger partial charge in [-0.15, -0.1) is 0 Å². The predicted molar refractivity (Wildman–Crippen MR) is 146 cm³/mol. The van der Waals surface area contributed by atoms with E-state index in [-0.39, 0.29) is 30.0 Å².